The summed E-state index contributed by atoms with van der Waals surface area (Å²) in [5, 5.41) is 3.93. The van der Waals surface area contributed by atoms with Gasteiger partial charge in [-0.2, -0.15) is 18.3 Å². The average Bonchev–Trinajstić information content (AvgIpc) is 2.42. The monoisotopic (exact) mass is 316 g/mol. The summed E-state index contributed by atoms with van der Waals surface area (Å²) in [6, 6.07) is 8.49. The lowest BCUT2D eigenvalue weighted by molar-refractivity contribution is -0.137. The number of rotatable bonds is 3. The van der Waals surface area contributed by atoms with Crippen LogP contribution < -0.4 is 5.43 Å². The lowest BCUT2D eigenvalue weighted by Gasteiger charge is -2.07. The maximum atomic E-state index is 13.4. The molecule has 0 atom stereocenters. The number of benzene rings is 2. The minimum atomic E-state index is -4.39. The van der Waals surface area contributed by atoms with Crippen LogP contribution in [0.2, 0.25) is 5.02 Å². The van der Waals surface area contributed by atoms with Crippen LogP contribution >= 0.6 is 11.6 Å². The molecule has 110 valence electrons. The molecular weight excluding hydrogens is 308 g/mol. The first kappa shape index (κ1) is 15.3. The van der Waals surface area contributed by atoms with Crippen molar-refractivity contribution in [1.29, 1.82) is 0 Å². The second kappa shape index (κ2) is 6.13. The van der Waals surface area contributed by atoms with Crippen LogP contribution in [0.5, 0.6) is 0 Å². The van der Waals surface area contributed by atoms with Gasteiger partial charge in [0.25, 0.3) is 0 Å². The van der Waals surface area contributed by atoms with E-state index in [1.165, 1.54) is 30.3 Å². The van der Waals surface area contributed by atoms with Crippen molar-refractivity contribution in [3.05, 3.63) is 64.4 Å². The molecule has 2 rings (SSSR count). The molecule has 1 N–H and O–H groups in total. The highest BCUT2D eigenvalue weighted by Gasteiger charge is 2.29. The average molecular weight is 317 g/mol. The second-order valence-electron chi connectivity index (χ2n) is 4.08. The van der Waals surface area contributed by atoms with Gasteiger partial charge in [-0.15, -0.1) is 0 Å². The molecule has 2 nitrogen and oxygen atoms in total. The summed E-state index contributed by atoms with van der Waals surface area (Å²) < 4.78 is 50.6. The molecule has 0 bridgehead atoms. The maximum absolute atomic E-state index is 13.4. The van der Waals surface area contributed by atoms with E-state index in [4.69, 9.17) is 11.6 Å². The molecule has 0 radical (unpaired) electrons. The molecule has 2 aromatic carbocycles. The largest absolute Gasteiger partial charge is 0.416 e. The van der Waals surface area contributed by atoms with Crippen molar-refractivity contribution < 1.29 is 17.6 Å². The van der Waals surface area contributed by atoms with Crippen LogP contribution in [0.4, 0.5) is 23.2 Å². The van der Waals surface area contributed by atoms with Gasteiger partial charge in [-0.3, -0.25) is 5.43 Å². The Morgan fingerprint density at radius 2 is 1.71 bits per heavy atom. The molecule has 0 fully saturated rings. The van der Waals surface area contributed by atoms with Crippen LogP contribution in [0.3, 0.4) is 0 Å². The first-order valence-corrected chi connectivity index (χ1v) is 6.16. The number of halogens is 5. The standard InChI is InChI=1S/C14H9ClF4N2/c15-12-2-1-3-13(16)11(12)8-20-21-10-6-4-9(5-7-10)14(17,18)19/h1-8,21H. The quantitative estimate of drug-likeness (QED) is 0.484. The Labute approximate surface area is 123 Å². The summed E-state index contributed by atoms with van der Waals surface area (Å²) in [4.78, 5) is 0. The van der Waals surface area contributed by atoms with Crippen LogP contribution in [0.15, 0.2) is 47.6 Å². The minimum Gasteiger partial charge on any atom is -0.279 e. The molecule has 0 aromatic heterocycles. The van der Waals surface area contributed by atoms with E-state index in [2.05, 4.69) is 10.5 Å². The zero-order chi connectivity index (χ0) is 15.5. The Kier molecular flexibility index (Phi) is 4.47. The van der Waals surface area contributed by atoms with E-state index in [1.54, 1.807) is 0 Å². The van der Waals surface area contributed by atoms with E-state index < -0.39 is 17.6 Å². The van der Waals surface area contributed by atoms with Gasteiger partial charge in [0.15, 0.2) is 0 Å². The molecule has 0 aliphatic rings. The Morgan fingerprint density at radius 1 is 1.05 bits per heavy atom. The van der Waals surface area contributed by atoms with Crippen molar-refractivity contribution in [1.82, 2.24) is 0 Å². The third-order valence-electron chi connectivity index (χ3n) is 2.60. The first-order valence-electron chi connectivity index (χ1n) is 5.78. The highest BCUT2D eigenvalue weighted by molar-refractivity contribution is 6.33. The predicted octanol–water partition coefficient (Wildman–Crippen LogP) is 4.94. The molecule has 7 heteroatoms. The van der Waals surface area contributed by atoms with Crippen LogP contribution in [0.25, 0.3) is 0 Å². The van der Waals surface area contributed by atoms with E-state index in [0.29, 0.717) is 5.69 Å². The molecule has 0 unspecified atom stereocenters. The summed E-state index contributed by atoms with van der Waals surface area (Å²) in [6.45, 7) is 0. The van der Waals surface area contributed by atoms with Gasteiger partial charge in [-0.25, -0.2) is 4.39 Å². The third kappa shape index (κ3) is 3.95. The van der Waals surface area contributed by atoms with Crippen LogP contribution in [0.1, 0.15) is 11.1 Å². The number of nitrogens with zero attached hydrogens (tertiary/aromatic N) is 1. The molecule has 0 spiro atoms. The highest BCUT2D eigenvalue weighted by atomic mass is 35.5. The Bertz CT molecular complexity index is 631. The summed E-state index contributed by atoms with van der Waals surface area (Å²) in [6.07, 6.45) is -3.22. The molecule has 0 aliphatic carbocycles. The molecule has 0 amide bonds. The van der Waals surface area contributed by atoms with E-state index >= 15 is 0 Å². The van der Waals surface area contributed by atoms with Crippen molar-refractivity contribution in [3.8, 4) is 0 Å². The molecule has 0 saturated carbocycles. The fraction of sp³-hybridized carbons (Fsp3) is 0.0714. The Hall–Kier alpha value is -2.08. The predicted molar refractivity (Wildman–Crippen MR) is 74.1 cm³/mol. The zero-order valence-electron chi connectivity index (χ0n) is 10.5. The highest BCUT2D eigenvalue weighted by Crippen LogP contribution is 2.29. The number of hydrogen-bond acceptors (Lipinski definition) is 2. The number of hydrogen-bond donors (Lipinski definition) is 1. The minimum absolute atomic E-state index is 0.0959. The van der Waals surface area contributed by atoms with Gasteiger partial charge in [-0.05, 0) is 36.4 Å². The number of nitrogens with one attached hydrogen (secondary N) is 1. The summed E-state index contributed by atoms with van der Waals surface area (Å²) in [5.41, 5.74) is 2.18. The first-order chi connectivity index (χ1) is 9.88. The third-order valence-corrected chi connectivity index (χ3v) is 2.93. The fourth-order valence-electron chi connectivity index (χ4n) is 1.54. The lowest BCUT2D eigenvalue weighted by atomic mass is 10.2. The number of anilines is 1. The molecular formula is C14H9ClF4N2. The van der Waals surface area contributed by atoms with Gasteiger partial charge in [0.1, 0.15) is 5.82 Å². The van der Waals surface area contributed by atoms with Gasteiger partial charge in [0.05, 0.1) is 22.5 Å². The van der Waals surface area contributed by atoms with Crippen molar-refractivity contribution in [2.24, 2.45) is 5.10 Å². The smallest absolute Gasteiger partial charge is 0.279 e. The maximum Gasteiger partial charge on any atom is 0.416 e. The van der Waals surface area contributed by atoms with Crippen LogP contribution in [-0.4, -0.2) is 6.21 Å². The Morgan fingerprint density at radius 3 is 2.29 bits per heavy atom. The summed E-state index contributed by atoms with van der Waals surface area (Å²) >= 11 is 5.80. The van der Waals surface area contributed by atoms with Crippen LogP contribution in [0, 0.1) is 5.82 Å². The SMILES string of the molecule is Fc1cccc(Cl)c1C=NNc1ccc(C(F)(F)F)cc1. The van der Waals surface area contributed by atoms with Gasteiger partial charge < -0.3 is 0 Å². The van der Waals surface area contributed by atoms with Gasteiger partial charge in [0, 0.05) is 5.56 Å². The van der Waals surface area contributed by atoms with E-state index in [9.17, 15) is 17.6 Å². The summed E-state index contributed by atoms with van der Waals surface area (Å²) in [7, 11) is 0. The lowest BCUT2D eigenvalue weighted by Crippen LogP contribution is -2.04. The second-order valence-corrected chi connectivity index (χ2v) is 4.49. The normalized spacial score (nSPS) is 11.9. The zero-order valence-corrected chi connectivity index (χ0v) is 11.2. The van der Waals surface area contributed by atoms with Crippen LogP contribution in [-0.2, 0) is 6.18 Å². The van der Waals surface area contributed by atoms with Gasteiger partial charge in [-0.1, -0.05) is 17.7 Å². The molecule has 0 aliphatic heterocycles. The topological polar surface area (TPSA) is 24.4 Å². The molecule has 0 heterocycles. The Balaban J connectivity index is 2.08. The fourth-order valence-corrected chi connectivity index (χ4v) is 1.75. The van der Waals surface area contributed by atoms with Crippen molar-refractivity contribution in [2.75, 3.05) is 5.43 Å². The van der Waals surface area contributed by atoms with Crippen molar-refractivity contribution >= 4 is 23.5 Å². The number of hydrazone groups is 1. The van der Waals surface area contributed by atoms with Gasteiger partial charge >= 0.3 is 6.18 Å². The molecule has 21 heavy (non-hydrogen) atoms. The summed E-state index contributed by atoms with van der Waals surface area (Å²) in [5.74, 6) is -0.541. The van der Waals surface area contributed by atoms with E-state index in [1.807, 2.05) is 0 Å². The van der Waals surface area contributed by atoms with Crippen molar-refractivity contribution in [3.63, 3.8) is 0 Å². The molecule has 2 aromatic rings. The van der Waals surface area contributed by atoms with E-state index in [-0.39, 0.29) is 10.6 Å². The van der Waals surface area contributed by atoms with E-state index in [0.717, 1.165) is 18.3 Å². The van der Waals surface area contributed by atoms with Crippen molar-refractivity contribution in [2.45, 2.75) is 6.18 Å². The molecule has 0 saturated heterocycles. The van der Waals surface area contributed by atoms with Gasteiger partial charge in [0.2, 0.25) is 0 Å². The number of alkyl halides is 3.